The van der Waals surface area contributed by atoms with Crippen molar-refractivity contribution in [2.45, 2.75) is 33.5 Å². The van der Waals surface area contributed by atoms with Crippen LogP contribution in [-0.2, 0) is 29.3 Å². The second kappa shape index (κ2) is 8.02. The molecule has 0 unspecified atom stereocenters. The minimum absolute atomic E-state index is 0.115. The Hall–Kier alpha value is -3.61. The highest BCUT2D eigenvalue weighted by Gasteiger charge is 2.19. The minimum atomic E-state index is -0.115. The highest BCUT2D eigenvalue weighted by Crippen LogP contribution is 2.31. The number of fused-ring (bicyclic) bond motifs is 2. The van der Waals surface area contributed by atoms with Gasteiger partial charge in [0.25, 0.3) is 0 Å². The molecule has 0 fully saturated rings. The fourth-order valence-electron chi connectivity index (χ4n) is 3.69. The lowest BCUT2D eigenvalue weighted by Crippen LogP contribution is -2.16. The van der Waals surface area contributed by atoms with Crippen LogP contribution in [0.4, 0.5) is 5.69 Å². The van der Waals surface area contributed by atoms with Gasteiger partial charge in [0, 0.05) is 43.4 Å². The first kappa shape index (κ1) is 19.7. The number of hydrogen-bond donors (Lipinski definition) is 1. The van der Waals surface area contributed by atoms with Crippen LogP contribution < -0.4 is 10.1 Å². The van der Waals surface area contributed by atoms with Crippen LogP contribution in [0.3, 0.4) is 0 Å². The molecule has 0 saturated carbocycles. The molecule has 2 heterocycles. The van der Waals surface area contributed by atoms with Crippen molar-refractivity contribution in [1.29, 1.82) is 0 Å². The Morgan fingerprint density at radius 3 is 2.90 bits per heavy atom. The minimum Gasteiger partial charge on any atom is -0.487 e. The third-order valence-corrected chi connectivity index (χ3v) is 5.22. The van der Waals surface area contributed by atoms with E-state index in [4.69, 9.17) is 9.84 Å². The average molecular weight is 404 g/mol. The number of aromatic nitrogens is 2. The lowest BCUT2D eigenvalue weighted by Gasteiger charge is -2.16. The summed E-state index contributed by atoms with van der Waals surface area (Å²) in [6, 6.07) is 13.8. The number of ether oxygens (including phenoxy) is 1. The molecule has 1 aromatic heterocycles. The van der Waals surface area contributed by atoms with Crippen LogP contribution in [0.25, 0.3) is 11.3 Å². The van der Waals surface area contributed by atoms with Crippen molar-refractivity contribution in [3.05, 3.63) is 64.8 Å². The van der Waals surface area contributed by atoms with E-state index in [9.17, 15) is 9.59 Å². The molecular formula is C23H24N4O3. The van der Waals surface area contributed by atoms with E-state index in [1.54, 1.807) is 11.9 Å². The number of amides is 2. The second-order valence-corrected chi connectivity index (χ2v) is 7.59. The van der Waals surface area contributed by atoms with Crippen molar-refractivity contribution >= 4 is 18.0 Å². The van der Waals surface area contributed by atoms with Gasteiger partial charge < -0.3 is 15.0 Å². The van der Waals surface area contributed by atoms with Crippen LogP contribution in [0, 0.1) is 6.92 Å². The van der Waals surface area contributed by atoms with Crippen molar-refractivity contribution in [3.8, 4) is 17.0 Å². The molecule has 7 nitrogen and oxygen atoms in total. The number of carbonyl (C=O) groups is 2. The summed E-state index contributed by atoms with van der Waals surface area (Å²) in [7, 11) is 1.77. The van der Waals surface area contributed by atoms with Gasteiger partial charge in [-0.1, -0.05) is 24.3 Å². The number of rotatable bonds is 5. The third kappa shape index (κ3) is 3.91. The molecule has 1 aliphatic heterocycles. The predicted molar refractivity (Wildman–Crippen MR) is 114 cm³/mol. The molecule has 0 saturated heterocycles. The third-order valence-electron chi connectivity index (χ3n) is 5.22. The summed E-state index contributed by atoms with van der Waals surface area (Å²) in [5, 5.41) is 7.63. The van der Waals surface area contributed by atoms with Gasteiger partial charge in [0.05, 0.1) is 17.9 Å². The van der Waals surface area contributed by atoms with E-state index >= 15 is 0 Å². The van der Waals surface area contributed by atoms with Crippen molar-refractivity contribution in [2.75, 3.05) is 12.4 Å². The van der Waals surface area contributed by atoms with Crippen LogP contribution in [0.5, 0.6) is 5.75 Å². The van der Waals surface area contributed by atoms with Gasteiger partial charge >= 0.3 is 0 Å². The highest BCUT2D eigenvalue weighted by atomic mass is 16.5. The fraction of sp³-hybridized carbons (Fsp3) is 0.261. The maximum atomic E-state index is 11.3. The second-order valence-electron chi connectivity index (χ2n) is 7.59. The lowest BCUT2D eigenvalue weighted by atomic mass is 9.99. The molecule has 0 radical (unpaired) electrons. The van der Waals surface area contributed by atoms with Gasteiger partial charge in [0.15, 0.2) is 0 Å². The van der Waals surface area contributed by atoms with Gasteiger partial charge in [-0.15, -0.1) is 0 Å². The van der Waals surface area contributed by atoms with Crippen LogP contribution in [0.2, 0.25) is 0 Å². The normalized spacial score (nSPS) is 12.2. The van der Waals surface area contributed by atoms with E-state index in [-0.39, 0.29) is 5.91 Å². The summed E-state index contributed by atoms with van der Waals surface area (Å²) in [5.74, 6) is 0.632. The van der Waals surface area contributed by atoms with E-state index < -0.39 is 0 Å². The van der Waals surface area contributed by atoms with Crippen LogP contribution in [-0.4, -0.2) is 34.0 Å². The van der Waals surface area contributed by atoms with Gasteiger partial charge in [-0.25, -0.2) is 0 Å². The zero-order valence-electron chi connectivity index (χ0n) is 17.3. The molecule has 0 spiro atoms. The van der Waals surface area contributed by atoms with Crippen molar-refractivity contribution in [2.24, 2.45) is 0 Å². The molecule has 3 aromatic rings. The molecule has 0 aliphatic carbocycles. The zero-order valence-corrected chi connectivity index (χ0v) is 17.3. The topological polar surface area (TPSA) is 76.5 Å². The summed E-state index contributed by atoms with van der Waals surface area (Å²) in [6.45, 7) is 5.03. The maximum Gasteiger partial charge on any atom is 0.221 e. The molecule has 7 heteroatoms. The number of benzene rings is 2. The summed E-state index contributed by atoms with van der Waals surface area (Å²) in [5.41, 5.74) is 6.78. The summed E-state index contributed by atoms with van der Waals surface area (Å²) < 4.78 is 7.97. The molecule has 154 valence electrons. The Kier molecular flexibility index (Phi) is 5.27. The highest BCUT2D eigenvalue weighted by molar-refractivity contribution is 5.88. The SMILES string of the molecule is CC(=O)Nc1ccc2c(c1)OCc1cc(-c3cccc(C)c3CN(C)C=O)nn1C2. The molecule has 0 bridgehead atoms. The van der Waals surface area contributed by atoms with Crippen LogP contribution >= 0.6 is 0 Å². The Labute approximate surface area is 175 Å². The maximum absolute atomic E-state index is 11.3. The Morgan fingerprint density at radius 1 is 1.30 bits per heavy atom. The van der Waals surface area contributed by atoms with Gasteiger partial charge in [-0.3, -0.25) is 14.3 Å². The van der Waals surface area contributed by atoms with Gasteiger partial charge in [0.2, 0.25) is 12.3 Å². The number of aryl methyl sites for hydroxylation is 1. The predicted octanol–water partition coefficient (Wildman–Crippen LogP) is 3.35. The Morgan fingerprint density at radius 2 is 2.13 bits per heavy atom. The first-order valence-electron chi connectivity index (χ1n) is 9.79. The molecule has 4 rings (SSSR count). The van der Waals surface area contributed by atoms with E-state index in [0.29, 0.717) is 25.4 Å². The van der Waals surface area contributed by atoms with E-state index in [1.165, 1.54) is 6.92 Å². The quantitative estimate of drug-likeness (QED) is 0.662. The van der Waals surface area contributed by atoms with Crippen LogP contribution in [0.15, 0.2) is 42.5 Å². The number of hydrogen-bond acceptors (Lipinski definition) is 4. The Bertz CT molecular complexity index is 1120. The van der Waals surface area contributed by atoms with Crippen molar-refractivity contribution in [1.82, 2.24) is 14.7 Å². The average Bonchev–Trinajstić information content (AvgIpc) is 3.03. The molecule has 1 aliphatic rings. The Balaban J connectivity index is 1.66. The first-order chi connectivity index (χ1) is 14.4. The first-order valence-corrected chi connectivity index (χ1v) is 9.79. The summed E-state index contributed by atoms with van der Waals surface area (Å²) >= 11 is 0. The van der Waals surface area contributed by atoms with Gasteiger partial charge in [0.1, 0.15) is 12.4 Å². The molecular weight excluding hydrogens is 380 g/mol. The van der Waals surface area contributed by atoms with E-state index in [0.717, 1.165) is 45.8 Å². The largest absolute Gasteiger partial charge is 0.487 e. The number of carbonyl (C=O) groups excluding carboxylic acids is 2. The molecule has 2 amide bonds. The lowest BCUT2D eigenvalue weighted by molar-refractivity contribution is -0.117. The molecule has 1 N–H and O–H groups in total. The monoisotopic (exact) mass is 404 g/mol. The fourth-order valence-corrected chi connectivity index (χ4v) is 3.69. The van der Waals surface area contributed by atoms with Gasteiger partial charge in [-0.2, -0.15) is 5.10 Å². The van der Waals surface area contributed by atoms with Gasteiger partial charge in [-0.05, 0) is 30.2 Å². The number of nitrogens with zero attached hydrogens (tertiary/aromatic N) is 3. The summed E-state index contributed by atoms with van der Waals surface area (Å²) in [6.07, 6.45) is 0.832. The summed E-state index contributed by atoms with van der Waals surface area (Å²) in [4.78, 5) is 24.1. The van der Waals surface area contributed by atoms with Crippen molar-refractivity contribution < 1.29 is 14.3 Å². The van der Waals surface area contributed by atoms with E-state index in [2.05, 4.69) is 5.32 Å². The standard InChI is InChI=1S/C23H24N4O3/c1-15-5-4-6-20(21(15)12-26(3)14-28)22-10-19-13-30-23-9-18(24-16(2)29)8-7-17(23)11-27(19)25-22/h4-10,14H,11-13H2,1-3H3,(H,24,29). The smallest absolute Gasteiger partial charge is 0.221 e. The number of anilines is 1. The van der Waals surface area contributed by atoms with Crippen molar-refractivity contribution in [3.63, 3.8) is 0 Å². The molecule has 30 heavy (non-hydrogen) atoms. The molecule has 0 atom stereocenters. The number of nitrogens with one attached hydrogen (secondary N) is 1. The van der Waals surface area contributed by atoms with Crippen LogP contribution in [0.1, 0.15) is 29.3 Å². The van der Waals surface area contributed by atoms with E-state index in [1.807, 2.05) is 54.1 Å². The zero-order chi connectivity index (χ0) is 21.3. The molecule has 2 aromatic carbocycles.